The Morgan fingerprint density at radius 1 is 1.07 bits per heavy atom. The van der Waals surface area contributed by atoms with Gasteiger partial charge in [0.15, 0.2) is 0 Å². The second-order valence-electron chi connectivity index (χ2n) is 3.77. The lowest BCUT2D eigenvalue weighted by Crippen LogP contribution is -2.51. The molecule has 0 heterocycles. The molecule has 0 bridgehead atoms. The van der Waals surface area contributed by atoms with Gasteiger partial charge in [-0.05, 0) is 37.4 Å². The fourth-order valence-corrected chi connectivity index (χ4v) is 2.51. The van der Waals surface area contributed by atoms with Crippen molar-refractivity contribution in [3.63, 3.8) is 0 Å². The van der Waals surface area contributed by atoms with Gasteiger partial charge in [-0.2, -0.15) is 25.3 Å². The van der Waals surface area contributed by atoms with Gasteiger partial charge >= 0.3 is 0 Å². The Morgan fingerprint density at radius 3 is 1.79 bits per heavy atom. The van der Waals surface area contributed by atoms with Crippen LogP contribution >= 0.6 is 25.3 Å². The summed E-state index contributed by atoms with van der Waals surface area (Å²) < 4.78 is 0. The highest BCUT2D eigenvalue weighted by atomic mass is 32.1. The molecule has 0 aliphatic rings. The minimum Gasteiger partial charge on any atom is -0.324 e. The zero-order valence-electron chi connectivity index (χ0n) is 9.37. The van der Waals surface area contributed by atoms with E-state index in [-0.39, 0.29) is 5.54 Å². The number of likely N-dealkylation sites (N-methyl/N-ethyl adjacent to an activating group) is 1. The second-order valence-corrected chi connectivity index (χ2v) is 4.67. The molecule has 0 aliphatic carbocycles. The zero-order chi connectivity index (χ0) is 11.0. The molecule has 0 aromatic rings. The topological polar surface area (TPSA) is 29.3 Å². The second kappa shape index (κ2) is 7.85. The van der Waals surface area contributed by atoms with Gasteiger partial charge in [0.1, 0.15) is 0 Å². The van der Waals surface area contributed by atoms with E-state index in [9.17, 15) is 0 Å². The summed E-state index contributed by atoms with van der Waals surface area (Å²) in [7, 11) is 0. The lowest BCUT2D eigenvalue weighted by molar-refractivity contribution is 0.217. The van der Waals surface area contributed by atoms with Crippen LogP contribution in [0.1, 0.15) is 26.7 Å². The lowest BCUT2D eigenvalue weighted by atomic mass is 9.93. The Balaban J connectivity index is 4.17. The van der Waals surface area contributed by atoms with Crippen molar-refractivity contribution in [1.29, 1.82) is 0 Å². The molecule has 0 fully saturated rings. The molecule has 0 aromatic carbocycles. The zero-order valence-corrected chi connectivity index (χ0v) is 11.2. The lowest BCUT2D eigenvalue weighted by Gasteiger charge is -2.34. The third kappa shape index (κ3) is 5.49. The van der Waals surface area contributed by atoms with Crippen LogP contribution in [-0.2, 0) is 0 Å². The van der Waals surface area contributed by atoms with Gasteiger partial charge in [0.2, 0.25) is 0 Å². The van der Waals surface area contributed by atoms with Crippen LogP contribution in [0.4, 0.5) is 0 Å². The summed E-state index contributed by atoms with van der Waals surface area (Å²) in [5, 5.41) is 0. The van der Waals surface area contributed by atoms with Crippen LogP contribution in [0.25, 0.3) is 0 Å². The number of hydrogen-bond donors (Lipinski definition) is 3. The van der Waals surface area contributed by atoms with Crippen LogP contribution in [0.5, 0.6) is 0 Å². The predicted molar refractivity (Wildman–Crippen MR) is 71.6 cm³/mol. The van der Waals surface area contributed by atoms with Crippen LogP contribution in [-0.4, -0.2) is 41.6 Å². The van der Waals surface area contributed by atoms with Crippen LogP contribution in [0, 0.1) is 0 Å². The van der Waals surface area contributed by atoms with Gasteiger partial charge in [-0.15, -0.1) is 0 Å². The third-order valence-corrected chi connectivity index (χ3v) is 3.10. The monoisotopic (exact) mass is 236 g/mol. The normalized spacial score (nSPS) is 12.4. The van der Waals surface area contributed by atoms with E-state index in [0.717, 1.165) is 44.0 Å². The summed E-state index contributed by atoms with van der Waals surface area (Å²) in [6.07, 6.45) is 1.93. The average Bonchev–Trinajstić information content (AvgIpc) is 2.15. The van der Waals surface area contributed by atoms with E-state index in [0.29, 0.717) is 0 Å². The van der Waals surface area contributed by atoms with E-state index >= 15 is 0 Å². The Bertz CT molecular complexity index is 132. The molecule has 86 valence electrons. The Kier molecular flexibility index (Phi) is 8.20. The molecule has 4 heteroatoms. The molecule has 0 rings (SSSR count). The first-order valence-electron chi connectivity index (χ1n) is 5.34. The standard InChI is InChI=1S/C10H24N2S2/c1-3-12(4-2)9-10(11,5-7-13)6-8-14/h13-14H,3-9,11H2,1-2H3. The molecule has 0 aromatic heterocycles. The minimum absolute atomic E-state index is 0.102. The molecule has 0 saturated heterocycles. The van der Waals surface area contributed by atoms with Gasteiger partial charge in [-0.1, -0.05) is 13.8 Å². The SMILES string of the molecule is CCN(CC)CC(N)(CCS)CCS. The smallest absolute Gasteiger partial charge is 0.0299 e. The Labute approximate surface area is 99.4 Å². The summed E-state index contributed by atoms with van der Waals surface area (Å²) in [4.78, 5) is 2.37. The van der Waals surface area contributed by atoms with Crippen LogP contribution in [0.15, 0.2) is 0 Å². The Hall–Kier alpha value is 0.620. The van der Waals surface area contributed by atoms with Crippen molar-refractivity contribution in [3.8, 4) is 0 Å². The van der Waals surface area contributed by atoms with Crippen molar-refractivity contribution < 1.29 is 0 Å². The number of thiol groups is 2. The molecule has 0 atom stereocenters. The summed E-state index contributed by atoms with van der Waals surface area (Å²) in [5.74, 6) is 1.71. The van der Waals surface area contributed by atoms with Crippen LogP contribution < -0.4 is 5.73 Å². The van der Waals surface area contributed by atoms with Gasteiger partial charge < -0.3 is 10.6 Å². The molecular weight excluding hydrogens is 212 g/mol. The number of nitrogens with two attached hydrogens (primary N) is 1. The molecule has 0 aliphatic heterocycles. The van der Waals surface area contributed by atoms with Crippen molar-refractivity contribution in [2.45, 2.75) is 32.2 Å². The Morgan fingerprint density at radius 2 is 1.50 bits per heavy atom. The minimum atomic E-state index is -0.102. The molecule has 0 amide bonds. The summed E-state index contributed by atoms with van der Waals surface area (Å²) in [6.45, 7) is 7.43. The van der Waals surface area contributed by atoms with Crippen molar-refractivity contribution in [3.05, 3.63) is 0 Å². The largest absolute Gasteiger partial charge is 0.324 e. The molecular formula is C10H24N2S2. The number of rotatable bonds is 8. The highest BCUT2D eigenvalue weighted by molar-refractivity contribution is 7.80. The van der Waals surface area contributed by atoms with E-state index in [1.807, 2.05) is 0 Å². The maximum absolute atomic E-state index is 6.33. The maximum atomic E-state index is 6.33. The van der Waals surface area contributed by atoms with Crippen molar-refractivity contribution in [2.24, 2.45) is 5.73 Å². The molecule has 0 spiro atoms. The average molecular weight is 236 g/mol. The van der Waals surface area contributed by atoms with Gasteiger partial charge in [0.05, 0.1) is 0 Å². The van der Waals surface area contributed by atoms with E-state index in [4.69, 9.17) is 5.73 Å². The molecule has 0 unspecified atom stereocenters. The molecule has 0 saturated carbocycles. The van der Waals surface area contributed by atoms with Crippen LogP contribution in [0.3, 0.4) is 0 Å². The van der Waals surface area contributed by atoms with E-state index < -0.39 is 0 Å². The van der Waals surface area contributed by atoms with Crippen molar-refractivity contribution in [2.75, 3.05) is 31.1 Å². The fraction of sp³-hybridized carbons (Fsp3) is 1.00. The first-order chi connectivity index (χ1) is 6.61. The van der Waals surface area contributed by atoms with Crippen LogP contribution in [0.2, 0.25) is 0 Å². The molecule has 2 nitrogen and oxygen atoms in total. The van der Waals surface area contributed by atoms with E-state index in [2.05, 4.69) is 44.0 Å². The summed E-state index contributed by atoms with van der Waals surface area (Å²) in [6, 6.07) is 0. The van der Waals surface area contributed by atoms with E-state index in [1.54, 1.807) is 0 Å². The van der Waals surface area contributed by atoms with E-state index in [1.165, 1.54) is 0 Å². The highest BCUT2D eigenvalue weighted by Gasteiger charge is 2.25. The van der Waals surface area contributed by atoms with Gasteiger partial charge in [-0.25, -0.2) is 0 Å². The fourth-order valence-electron chi connectivity index (χ4n) is 1.62. The summed E-state index contributed by atoms with van der Waals surface area (Å²) in [5.41, 5.74) is 6.23. The number of nitrogens with zero attached hydrogens (tertiary/aromatic N) is 1. The number of hydrogen-bond acceptors (Lipinski definition) is 4. The first kappa shape index (κ1) is 14.6. The van der Waals surface area contributed by atoms with Gasteiger partial charge in [0, 0.05) is 12.1 Å². The molecule has 2 N–H and O–H groups in total. The summed E-state index contributed by atoms with van der Waals surface area (Å²) >= 11 is 8.53. The molecule has 14 heavy (non-hydrogen) atoms. The predicted octanol–water partition coefficient (Wildman–Crippen LogP) is 1.67. The first-order valence-corrected chi connectivity index (χ1v) is 6.61. The van der Waals surface area contributed by atoms with Crippen molar-refractivity contribution >= 4 is 25.3 Å². The quantitative estimate of drug-likeness (QED) is 0.560. The van der Waals surface area contributed by atoms with Crippen molar-refractivity contribution in [1.82, 2.24) is 4.90 Å². The maximum Gasteiger partial charge on any atom is 0.0299 e. The van der Waals surface area contributed by atoms with Gasteiger partial charge in [0.25, 0.3) is 0 Å². The highest BCUT2D eigenvalue weighted by Crippen LogP contribution is 2.15. The third-order valence-electron chi connectivity index (χ3n) is 2.65. The molecule has 0 radical (unpaired) electrons. The van der Waals surface area contributed by atoms with Gasteiger partial charge in [-0.3, -0.25) is 0 Å².